The molecule has 1 aliphatic rings. The third-order valence-electron chi connectivity index (χ3n) is 3.99. The first-order valence-electron chi connectivity index (χ1n) is 7.70. The highest BCUT2D eigenvalue weighted by Crippen LogP contribution is 2.40. The predicted octanol–water partition coefficient (Wildman–Crippen LogP) is -2.42. The quantitative estimate of drug-likeness (QED) is 0.224. The molecule has 0 saturated carbocycles. The summed E-state index contributed by atoms with van der Waals surface area (Å²) in [5.41, 5.74) is 0. The van der Waals surface area contributed by atoms with E-state index in [4.69, 9.17) is 19.6 Å². The summed E-state index contributed by atoms with van der Waals surface area (Å²) in [5, 5.41) is 28.3. The van der Waals surface area contributed by atoms with Gasteiger partial charge in [-0.3, -0.25) is 18.9 Å². The lowest BCUT2D eigenvalue weighted by molar-refractivity contribution is 0.117. The standard InChI is InChI=1S/C11H25N3O10P2/c15-9(25(19,20)21)7-12-1-2-13(8-10(16)26(22,23)24)4-6-14(5-3-12)11(17)18/h9-10,15-16H,1-8H2,(H,17,18)(H2,19,20,21)(H2,22,23,24). The minimum Gasteiger partial charge on any atom is -0.465 e. The molecule has 1 rings (SSSR count). The first kappa shape index (κ1) is 23.4. The molecular formula is C11H25N3O10P2. The van der Waals surface area contributed by atoms with E-state index in [1.54, 1.807) is 0 Å². The third kappa shape index (κ3) is 7.97. The Labute approximate surface area is 149 Å². The van der Waals surface area contributed by atoms with Gasteiger partial charge in [0.1, 0.15) is 0 Å². The van der Waals surface area contributed by atoms with Gasteiger partial charge >= 0.3 is 21.3 Å². The van der Waals surface area contributed by atoms with E-state index in [1.165, 1.54) is 9.80 Å². The molecule has 0 aliphatic carbocycles. The number of nitrogens with zero attached hydrogens (tertiary/aromatic N) is 3. The van der Waals surface area contributed by atoms with E-state index in [0.29, 0.717) is 0 Å². The van der Waals surface area contributed by atoms with E-state index in [0.717, 1.165) is 4.90 Å². The lowest BCUT2D eigenvalue weighted by Gasteiger charge is -2.28. The number of rotatable bonds is 6. The van der Waals surface area contributed by atoms with Crippen LogP contribution in [0.3, 0.4) is 0 Å². The van der Waals surface area contributed by atoms with Crippen LogP contribution in [-0.4, -0.2) is 120 Å². The zero-order valence-corrected chi connectivity index (χ0v) is 15.7. The van der Waals surface area contributed by atoms with E-state index in [9.17, 15) is 29.2 Å². The number of β-amino-alcohol motifs (C(OH)–C–C–N with tert-alkyl or cyclic N) is 2. The lowest BCUT2D eigenvalue weighted by Crippen LogP contribution is -2.41. The molecule has 2 atom stereocenters. The highest BCUT2D eigenvalue weighted by Gasteiger charge is 2.31. The molecule has 1 saturated heterocycles. The average Bonchev–Trinajstić information content (AvgIpc) is 2.57. The molecule has 26 heavy (non-hydrogen) atoms. The number of hydrogen-bond donors (Lipinski definition) is 7. The Morgan fingerprint density at radius 2 is 1.08 bits per heavy atom. The smallest absolute Gasteiger partial charge is 0.407 e. The molecule has 1 fully saturated rings. The molecule has 0 radical (unpaired) electrons. The van der Waals surface area contributed by atoms with Gasteiger partial charge in [-0.2, -0.15) is 0 Å². The summed E-state index contributed by atoms with van der Waals surface area (Å²) in [6, 6.07) is 0. The van der Waals surface area contributed by atoms with Crippen molar-refractivity contribution < 1.29 is 48.8 Å². The molecule has 1 heterocycles. The fraction of sp³-hybridized carbons (Fsp3) is 0.909. The van der Waals surface area contributed by atoms with Gasteiger partial charge in [0.25, 0.3) is 0 Å². The van der Waals surface area contributed by atoms with Crippen molar-refractivity contribution in [1.29, 1.82) is 0 Å². The minimum absolute atomic E-state index is 0.0259. The van der Waals surface area contributed by atoms with Crippen molar-refractivity contribution in [2.45, 2.75) is 11.7 Å². The van der Waals surface area contributed by atoms with E-state index in [1.807, 2.05) is 0 Å². The van der Waals surface area contributed by atoms with Crippen LogP contribution in [-0.2, 0) is 9.13 Å². The SMILES string of the molecule is O=C(O)N1CCN(CC(O)P(=O)(O)O)CCN(CC(O)P(=O)(O)O)CC1. The zero-order chi connectivity index (χ0) is 20.1. The Morgan fingerprint density at radius 3 is 1.35 bits per heavy atom. The molecule has 15 heteroatoms. The largest absolute Gasteiger partial charge is 0.465 e. The fourth-order valence-electron chi connectivity index (χ4n) is 2.37. The van der Waals surface area contributed by atoms with Gasteiger partial charge in [0.05, 0.1) is 0 Å². The second-order valence-electron chi connectivity index (χ2n) is 6.01. The Bertz CT molecular complexity index is 524. The van der Waals surface area contributed by atoms with Gasteiger partial charge in [0.2, 0.25) is 0 Å². The second-order valence-corrected chi connectivity index (χ2v) is 9.56. The summed E-state index contributed by atoms with van der Waals surface area (Å²) in [6.45, 7) is -0.220. The van der Waals surface area contributed by atoms with Crippen molar-refractivity contribution in [3.05, 3.63) is 0 Å². The van der Waals surface area contributed by atoms with Crippen molar-refractivity contribution in [1.82, 2.24) is 14.7 Å². The van der Waals surface area contributed by atoms with Gasteiger partial charge in [0, 0.05) is 52.4 Å². The van der Waals surface area contributed by atoms with Crippen molar-refractivity contribution in [3.8, 4) is 0 Å². The average molecular weight is 421 g/mol. The fourth-order valence-corrected chi connectivity index (χ4v) is 3.26. The number of carbonyl (C=O) groups is 1. The van der Waals surface area contributed by atoms with Crippen LogP contribution in [0.15, 0.2) is 0 Å². The highest BCUT2D eigenvalue weighted by atomic mass is 31.2. The first-order valence-corrected chi connectivity index (χ1v) is 11.1. The van der Waals surface area contributed by atoms with Crippen LogP contribution in [0.1, 0.15) is 0 Å². The number of hydrogen-bond acceptors (Lipinski definition) is 7. The molecule has 0 aromatic carbocycles. The van der Waals surface area contributed by atoms with Crippen LogP contribution in [0.2, 0.25) is 0 Å². The molecule has 0 spiro atoms. The Kier molecular flexibility index (Phi) is 8.62. The number of amides is 1. The van der Waals surface area contributed by atoms with E-state index < -0.39 is 46.1 Å². The third-order valence-corrected chi connectivity index (χ3v) is 5.87. The first-order chi connectivity index (χ1) is 11.8. The topological polar surface area (TPSA) is 203 Å². The maximum atomic E-state index is 11.2. The Hall–Kier alpha value is -0.590. The monoisotopic (exact) mass is 421 g/mol. The summed E-state index contributed by atoms with van der Waals surface area (Å²) < 4.78 is 22.2. The van der Waals surface area contributed by atoms with E-state index >= 15 is 0 Å². The maximum Gasteiger partial charge on any atom is 0.407 e. The van der Waals surface area contributed by atoms with Crippen LogP contribution in [0.5, 0.6) is 0 Å². The van der Waals surface area contributed by atoms with E-state index in [2.05, 4.69) is 0 Å². The summed E-state index contributed by atoms with van der Waals surface area (Å²) in [7, 11) is -9.45. The van der Waals surface area contributed by atoms with Gasteiger partial charge in [0.15, 0.2) is 11.7 Å². The van der Waals surface area contributed by atoms with E-state index in [-0.39, 0.29) is 39.3 Å². The predicted molar refractivity (Wildman–Crippen MR) is 88.6 cm³/mol. The Morgan fingerprint density at radius 1 is 0.769 bits per heavy atom. The second kappa shape index (κ2) is 9.56. The molecule has 13 nitrogen and oxygen atoms in total. The van der Waals surface area contributed by atoms with Gasteiger partial charge in [-0.1, -0.05) is 0 Å². The van der Waals surface area contributed by atoms with Crippen LogP contribution in [0.25, 0.3) is 0 Å². The maximum absolute atomic E-state index is 11.2. The lowest BCUT2D eigenvalue weighted by atomic mass is 10.4. The molecule has 0 aromatic heterocycles. The van der Waals surface area contributed by atoms with Crippen molar-refractivity contribution in [3.63, 3.8) is 0 Å². The normalized spacial score (nSPS) is 21.5. The molecule has 0 bridgehead atoms. The van der Waals surface area contributed by atoms with Gasteiger partial charge in [-0.05, 0) is 0 Å². The zero-order valence-electron chi connectivity index (χ0n) is 13.9. The Balaban J connectivity index is 2.84. The molecule has 0 aromatic rings. The van der Waals surface area contributed by atoms with Crippen LogP contribution in [0.4, 0.5) is 4.79 Å². The highest BCUT2D eigenvalue weighted by molar-refractivity contribution is 7.52. The molecular weight excluding hydrogens is 396 g/mol. The number of aliphatic hydroxyl groups excluding tert-OH is 2. The van der Waals surface area contributed by atoms with Crippen LogP contribution >= 0.6 is 15.2 Å². The summed E-state index contributed by atoms with van der Waals surface area (Å²) in [6.07, 6.45) is -1.22. The molecule has 7 N–H and O–H groups in total. The summed E-state index contributed by atoms with van der Waals surface area (Å²) in [4.78, 5) is 51.2. The van der Waals surface area contributed by atoms with Gasteiger partial charge < -0.3 is 39.8 Å². The molecule has 1 aliphatic heterocycles. The van der Waals surface area contributed by atoms with Gasteiger partial charge in [-0.15, -0.1) is 0 Å². The summed E-state index contributed by atoms with van der Waals surface area (Å²) >= 11 is 0. The van der Waals surface area contributed by atoms with Crippen molar-refractivity contribution in [2.24, 2.45) is 0 Å². The van der Waals surface area contributed by atoms with Crippen LogP contribution in [0, 0.1) is 0 Å². The molecule has 2 unspecified atom stereocenters. The minimum atomic E-state index is -4.73. The van der Waals surface area contributed by atoms with Crippen molar-refractivity contribution in [2.75, 3.05) is 52.4 Å². The molecule has 154 valence electrons. The summed E-state index contributed by atoms with van der Waals surface area (Å²) in [5.74, 6) is -3.87. The van der Waals surface area contributed by atoms with Gasteiger partial charge in [-0.25, -0.2) is 4.79 Å². The molecule has 1 amide bonds. The van der Waals surface area contributed by atoms with Crippen molar-refractivity contribution >= 4 is 21.3 Å². The van der Waals surface area contributed by atoms with Crippen LogP contribution < -0.4 is 0 Å². The number of carboxylic acid groups (broad SMARTS) is 1. The number of aliphatic hydroxyl groups is 2.